The monoisotopic (exact) mass is 230 g/mol. The van der Waals surface area contributed by atoms with Gasteiger partial charge in [0.25, 0.3) is 0 Å². The standard InChI is InChI=1S/C12H26N2O2/c1-7-16-12(4,5)9-13-8-11(15)14(6)10(2)3/h10,13H,7-9H2,1-6H3. The normalized spacial score (nSPS) is 11.9. The van der Waals surface area contributed by atoms with Gasteiger partial charge in [0, 0.05) is 26.2 Å². The van der Waals surface area contributed by atoms with Crippen molar-refractivity contribution in [3.05, 3.63) is 0 Å². The lowest BCUT2D eigenvalue weighted by molar-refractivity contribution is -0.130. The maximum atomic E-state index is 11.7. The van der Waals surface area contributed by atoms with Crippen molar-refractivity contribution in [2.45, 2.75) is 46.3 Å². The second kappa shape index (κ2) is 6.86. The minimum absolute atomic E-state index is 0.113. The van der Waals surface area contributed by atoms with E-state index < -0.39 is 0 Å². The topological polar surface area (TPSA) is 41.6 Å². The molecule has 0 aromatic heterocycles. The average molecular weight is 230 g/mol. The minimum Gasteiger partial charge on any atom is -0.375 e. The van der Waals surface area contributed by atoms with Crippen LogP contribution >= 0.6 is 0 Å². The van der Waals surface area contributed by atoms with Crippen LogP contribution in [0.1, 0.15) is 34.6 Å². The molecule has 0 heterocycles. The Morgan fingerprint density at radius 2 is 2.00 bits per heavy atom. The average Bonchev–Trinajstić information content (AvgIpc) is 2.15. The molecule has 4 heteroatoms. The molecule has 0 aliphatic heterocycles. The Kier molecular flexibility index (Phi) is 6.60. The molecule has 0 aliphatic carbocycles. The molecule has 0 aromatic rings. The number of hydrogen-bond donors (Lipinski definition) is 1. The van der Waals surface area contributed by atoms with Crippen molar-refractivity contribution < 1.29 is 9.53 Å². The first kappa shape index (κ1) is 15.4. The van der Waals surface area contributed by atoms with Crippen LogP contribution in [0.15, 0.2) is 0 Å². The van der Waals surface area contributed by atoms with E-state index in [9.17, 15) is 4.79 Å². The van der Waals surface area contributed by atoms with Gasteiger partial charge in [0.1, 0.15) is 0 Å². The van der Waals surface area contributed by atoms with Crippen LogP contribution in [-0.4, -0.2) is 49.2 Å². The molecule has 0 aromatic carbocycles. The van der Waals surface area contributed by atoms with Gasteiger partial charge in [0.05, 0.1) is 12.1 Å². The minimum atomic E-state index is -0.217. The molecule has 0 unspecified atom stereocenters. The fourth-order valence-corrected chi connectivity index (χ4v) is 1.32. The van der Waals surface area contributed by atoms with Crippen LogP contribution in [0.2, 0.25) is 0 Å². The van der Waals surface area contributed by atoms with Crippen molar-refractivity contribution in [3.63, 3.8) is 0 Å². The number of hydrogen-bond acceptors (Lipinski definition) is 3. The molecule has 1 amide bonds. The zero-order chi connectivity index (χ0) is 12.8. The molecule has 0 saturated heterocycles. The van der Waals surface area contributed by atoms with E-state index in [1.807, 2.05) is 41.7 Å². The molecule has 0 bridgehead atoms. The van der Waals surface area contributed by atoms with Crippen molar-refractivity contribution in [2.75, 3.05) is 26.7 Å². The molecule has 16 heavy (non-hydrogen) atoms. The van der Waals surface area contributed by atoms with Crippen molar-refractivity contribution >= 4 is 5.91 Å². The lowest BCUT2D eigenvalue weighted by Gasteiger charge is -2.26. The molecule has 0 atom stereocenters. The van der Waals surface area contributed by atoms with E-state index >= 15 is 0 Å². The lowest BCUT2D eigenvalue weighted by atomic mass is 10.1. The summed E-state index contributed by atoms with van der Waals surface area (Å²) in [6.07, 6.45) is 0. The van der Waals surface area contributed by atoms with E-state index in [0.29, 0.717) is 19.7 Å². The Hall–Kier alpha value is -0.610. The van der Waals surface area contributed by atoms with Gasteiger partial charge in [-0.3, -0.25) is 4.79 Å². The summed E-state index contributed by atoms with van der Waals surface area (Å²) >= 11 is 0. The first-order chi connectivity index (χ1) is 7.30. The zero-order valence-corrected chi connectivity index (χ0v) is 11.5. The smallest absolute Gasteiger partial charge is 0.236 e. The zero-order valence-electron chi connectivity index (χ0n) is 11.5. The van der Waals surface area contributed by atoms with Gasteiger partial charge in [-0.15, -0.1) is 0 Å². The van der Waals surface area contributed by atoms with Crippen LogP contribution in [-0.2, 0) is 9.53 Å². The van der Waals surface area contributed by atoms with Crippen LogP contribution in [0.4, 0.5) is 0 Å². The van der Waals surface area contributed by atoms with E-state index in [-0.39, 0.29) is 17.6 Å². The van der Waals surface area contributed by atoms with Gasteiger partial charge in [-0.05, 0) is 34.6 Å². The number of carbonyl (C=O) groups is 1. The third kappa shape index (κ3) is 6.08. The third-order valence-corrected chi connectivity index (χ3v) is 2.53. The second-order valence-electron chi connectivity index (χ2n) is 4.89. The van der Waals surface area contributed by atoms with Crippen molar-refractivity contribution in [2.24, 2.45) is 0 Å². The molecule has 0 radical (unpaired) electrons. The van der Waals surface area contributed by atoms with E-state index in [1.165, 1.54) is 0 Å². The van der Waals surface area contributed by atoms with E-state index in [0.717, 1.165) is 0 Å². The maximum Gasteiger partial charge on any atom is 0.236 e. The third-order valence-electron chi connectivity index (χ3n) is 2.53. The van der Waals surface area contributed by atoms with Gasteiger partial charge in [0.2, 0.25) is 5.91 Å². The molecular weight excluding hydrogens is 204 g/mol. The SMILES string of the molecule is CCOC(C)(C)CNCC(=O)N(C)C(C)C. The molecule has 96 valence electrons. The second-order valence-corrected chi connectivity index (χ2v) is 4.89. The summed E-state index contributed by atoms with van der Waals surface area (Å²) in [6, 6.07) is 0.245. The highest BCUT2D eigenvalue weighted by Gasteiger charge is 2.18. The number of nitrogens with zero attached hydrogens (tertiary/aromatic N) is 1. The highest BCUT2D eigenvalue weighted by molar-refractivity contribution is 5.78. The summed E-state index contributed by atoms with van der Waals surface area (Å²) in [5, 5.41) is 3.13. The van der Waals surface area contributed by atoms with Gasteiger partial charge >= 0.3 is 0 Å². The predicted molar refractivity (Wildman–Crippen MR) is 66.5 cm³/mol. The maximum absolute atomic E-state index is 11.7. The van der Waals surface area contributed by atoms with Crippen molar-refractivity contribution in [1.29, 1.82) is 0 Å². The Morgan fingerprint density at radius 1 is 1.44 bits per heavy atom. The van der Waals surface area contributed by atoms with Crippen LogP contribution in [0.25, 0.3) is 0 Å². The lowest BCUT2D eigenvalue weighted by Crippen LogP contribution is -2.44. The number of carbonyl (C=O) groups excluding carboxylic acids is 1. The number of ether oxygens (including phenoxy) is 1. The largest absolute Gasteiger partial charge is 0.375 e. The highest BCUT2D eigenvalue weighted by atomic mass is 16.5. The first-order valence-electron chi connectivity index (χ1n) is 5.90. The van der Waals surface area contributed by atoms with Crippen LogP contribution in [0.3, 0.4) is 0 Å². The Morgan fingerprint density at radius 3 is 2.44 bits per heavy atom. The fraction of sp³-hybridized carbons (Fsp3) is 0.917. The number of likely N-dealkylation sites (N-methyl/N-ethyl adjacent to an activating group) is 1. The van der Waals surface area contributed by atoms with E-state index in [2.05, 4.69) is 5.32 Å². The van der Waals surface area contributed by atoms with Crippen molar-refractivity contribution in [3.8, 4) is 0 Å². The molecular formula is C12H26N2O2. The fourth-order valence-electron chi connectivity index (χ4n) is 1.32. The van der Waals surface area contributed by atoms with Gasteiger partial charge in [-0.2, -0.15) is 0 Å². The van der Waals surface area contributed by atoms with E-state index in [4.69, 9.17) is 4.74 Å². The molecule has 0 spiro atoms. The number of amides is 1. The molecule has 0 fully saturated rings. The summed E-state index contributed by atoms with van der Waals surface area (Å²) in [7, 11) is 1.82. The van der Waals surface area contributed by atoms with Crippen LogP contribution in [0.5, 0.6) is 0 Å². The molecule has 0 saturated carbocycles. The summed E-state index contributed by atoms with van der Waals surface area (Å²) in [5.74, 6) is 0.113. The summed E-state index contributed by atoms with van der Waals surface area (Å²) in [6.45, 7) is 11.7. The van der Waals surface area contributed by atoms with Crippen LogP contribution < -0.4 is 5.32 Å². The molecule has 0 rings (SSSR count). The summed E-state index contributed by atoms with van der Waals surface area (Å²) in [4.78, 5) is 13.4. The quantitative estimate of drug-likeness (QED) is 0.716. The van der Waals surface area contributed by atoms with Gasteiger partial charge < -0.3 is 15.0 Å². The molecule has 0 aliphatic rings. The summed E-state index contributed by atoms with van der Waals surface area (Å²) < 4.78 is 5.53. The number of nitrogens with one attached hydrogen (secondary N) is 1. The Bertz CT molecular complexity index is 215. The van der Waals surface area contributed by atoms with Crippen molar-refractivity contribution in [1.82, 2.24) is 10.2 Å². The first-order valence-corrected chi connectivity index (χ1v) is 5.90. The molecule has 1 N–H and O–H groups in total. The highest BCUT2D eigenvalue weighted by Crippen LogP contribution is 2.06. The van der Waals surface area contributed by atoms with Crippen LogP contribution in [0, 0.1) is 0 Å². The predicted octanol–water partition coefficient (Wildman–Crippen LogP) is 1.26. The van der Waals surface area contributed by atoms with Gasteiger partial charge in [-0.25, -0.2) is 0 Å². The van der Waals surface area contributed by atoms with Gasteiger partial charge in [-0.1, -0.05) is 0 Å². The Balaban J connectivity index is 3.86. The number of rotatable bonds is 7. The molecule has 4 nitrogen and oxygen atoms in total. The van der Waals surface area contributed by atoms with E-state index in [1.54, 1.807) is 4.90 Å². The Labute approximate surface area is 99.3 Å². The van der Waals surface area contributed by atoms with Gasteiger partial charge in [0.15, 0.2) is 0 Å². The summed E-state index contributed by atoms with van der Waals surface area (Å²) in [5.41, 5.74) is -0.217.